The monoisotopic (exact) mass is 367 g/mol. The molecule has 118 valence electrons. The summed E-state index contributed by atoms with van der Waals surface area (Å²) in [7, 11) is 1.37. The summed E-state index contributed by atoms with van der Waals surface area (Å²) in [5.74, 6) is -0.760. The molecule has 2 rings (SSSR count). The number of nitrogens with one attached hydrogen (secondary N) is 1. The molecule has 0 fully saturated rings. The fourth-order valence-electron chi connectivity index (χ4n) is 1.83. The number of benzene rings is 1. The van der Waals surface area contributed by atoms with Crippen LogP contribution in [0.25, 0.3) is 0 Å². The lowest BCUT2D eigenvalue weighted by Crippen LogP contribution is -2.24. The third-order valence-corrected chi connectivity index (χ3v) is 3.92. The summed E-state index contributed by atoms with van der Waals surface area (Å²) < 4.78 is 26.8. The lowest BCUT2D eigenvalue weighted by molar-refractivity contribution is 0.0936. The Morgan fingerprint density at radius 2 is 2.05 bits per heavy atom. The van der Waals surface area contributed by atoms with Gasteiger partial charge in [0.2, 0.25) is 0 Å². The molecule has 0 aliphatic rings. The molecule has 1 aromatic carbocycles. The minimum atomic E-state index is -2.91. The summed E-state index contributed by atoms with van der Waals surface area (Å²) >= 11 is 17.7. The molecule has 1 heterocycles. The molecule has 0 aliphatic heterocycles. The van der Waals surface area contributed by atoms with Crippen LogP contribution < -0.4 is 5.32 Å². The van der Waals surface area contributed by atoms with Crippen LogP contribution in [0.5, 0.6) is 0 Å². The van der Waals surface area contributed by atoms with Gasteiger partial charge in [-0.1, -0.05) is 34.8 Å². The average Bonchev–Trinajstić information content (AvgIpc) is 2.76. The quantitative estimate of drug-likeness (QED) is 0.877. The fourth-order valence-corrected chi connectivity index (χ4v) is 2.43. The van der Waals surface area contributed by atoms with Crippen LogP contribution in [0.2, 0.25) is 15.2 Å². The maximum absolute atomic E-state index is 12.9. The molecule has 0 unspecified atom stereocenters. The van der Waals surface area contributed by atoms with Crippen LogP contribution in [0.3, 0.4) is 0 Å². The minimum absolute atomic E-state index is 0.0200. The first kappa shape index (κ1) is 17.0. The van der Waals surface area contributed by atoms with Crippen molar-refractivity contribution in [3.05, 3.63) is 50.2 Å². The van der Waals surface area contributed by atoms with Gasteiger partial charge < -0.3 is 5.32 Å². The number of amides is 1. The Balaban J connectivity index is 2.21. The second-order valence-corrected chi connectivity index (χ2v) is 5.60. The smallest absolute Gasteiger partial charge is 0.283 e. The molecule has 1 N–H and O–H groups in total. The topological polar surface area (TPSA) is 46.9 Å². The minimum Gasteiger partial charge on any atom is -0.348 e. The SMILES string of the molecule is Cn1nc(C(F)F)c(C(=O)NCc2cc(Cl)ccc2Cl)c1Cl. The number of aromatic nitrogens is 2. The first-order valence-electron chi connectivity index (χ1n) is 6.04. The van der Waals surface area contributed by atoms with Crippen molar-refractivity contribution in [1.82, 2.24) is 15.1 Å². The first-order chi connectivity index (χ1) is 10.3. The van der Waals surface area contributed by atoms with E-state index in [2.05, 4.69) is 10.4 Å². The molecule has 9 heteroatoms. The van der Waals surface area contributed by atoms with Gasteiger partial charge in [-0.05, 0) is 23.8 Å². The highest BCUT2D eigenvalue weighted by Gasteiger charge is 2.27. The molecule has 2 aromatic rings. The largest absolute Gasteiger partial charge is 0.348 e. The van der Waals surface area contributed by atoms with Gasteiger partial charge in [-0.2, -0.15) is 5.10 Å². The Morgan fingerprint density at radius 3 is 2.68 bits per heavy atom. The number of hydrogen-bond donors (Lipinski definition) is 1. The van der Waals surface area contributed by atoms with Crippen molar-refractivity contribution in [3.8, 4) is 0 Å². The van der Waals surface area contributed by atoms with Crippen LogP contribution in [0.15, 0.2) is 18.2 Å². The Hall–Kier alpha value is -1.37. The second-order valence-electron chi connectivity index (χ2n) is 4.39. The number of halogens is 5. The molecule has 0 bridgehead atoms. The Kier molecular flexibility index (Phi) is 5.26. The zero-order valence-electron chi connectivity index (χ0n) is 11.2. The maximum atomic E-state index is 12.9. The summed E-state index contributed by atoms with van der Waals surface area (Å²) in [6.07, 6.45) is -2.91. The van der Waals surface area contributed by atoms with Crippen LogP contribution in [-0.2, 0) is 13.6 Å². The van der Waals surface area contributed by atoms with E-state index in [0.717, 1.165) is 4.68 Å². The highest BCUT2D eigenvalue weighted by Crippen LogP contribution is 2.27. The van der Waals surface area contributed by atoms with Crippen LogP contribution >= 0.6 is 34.8 Å². The zero-order valence-corrected chi connectivity index (χ0v) is 13.5. The van der Waals surface area contributed by atoms with E-state index in [9.17, 15) is 13.6 Å². The van der Waals surface area contributed by atoms with Crippen LogP contribution in [0.4, 0.5) is 8.78 Å². The van der Waals surface area contributed by atoms with Gasteiger partial charge >= 0.3 is 0 Å². The van der Waals surface area contributed by atoms with Crippen molar-refractivity contribution < 1.29 is 13.6 Å². The van der Waals surface area contributed by atoms with Crippen molar-refractivity contribution >= 4 is 40.7 Å². The fraction of sp³-hybridized carbons (Fsp3) is 0.231. The molecule has 0 saturated heterocycles. The zero-order chi connectivity index (χ0) is 16.4. The average molecular weight is 369 g/mol. The standard InChI is InChI=1S/C13H10Cl3F2N3O/c1-21-11(16)9(10(20-21)12(17)18)13(22)19-5-6-4-7(14)2-3-8(6)15/h2-4,12H,5H2,1H3,(H,19,22). The van der Waals surface area contributed by atoms with Crippen molar-refractivity contribution in [1.29, 1.82) is 0 Å². The van der Waals surface area contributed by atoms with E-state index in [0.29, 0.717) is 15.6 Å². The Morgan fingerprint density at radius 1 is 1.36 bits per heavy atom. The Labute approximate surface area is 140 Å². The normalized spacial score (nSPS) is 11.0. The van der Waals surface area contributed by atoms with Gasteiger partial charge in [-0.25, -0.2) is 8.78 Å². The molecular formula is C13H10Cl3F2N3O. The molecule has 4 nitrogen and oxygen atoms in total. The lowest BCUT2D eigenvalue weighted by atomic mass is 10.2. The predicted molar refractivity (Wildman–Crippen MR) is 80.8 cm³/mol. The third-order valence-electron chi connectivity index (χ3n) is 2.89. The van der Waals surface area contributed by atoms with Crippen molar-refractivity contribution in [2.24, 2.45) is 7.05 Å². The molecule has 0 aliphatic carbocycles. The predicted octanol–water partition coefficient (Wildman–Crippen LogP) is 4.25. The molecule has 1 aromatic heterocycles. The number of carbonyl (C=O) groups is 1. The van der Waals surface area contributed by atoms with Gasteiger partial charge in [0.15, 0.2) is 0 Å². The van der Waals surface area contributed by atoms with E-state index in [-0.39, 0.29) is 17.3 Å². The van der Waals surface area contributed by atoms with Gasteiger partial charge in [-0.15, -0.1) is 0 Å². The Bertz CT molecular complexity index is 719. The summed E-state index contributed by atoms with van der Waals surface area (Å²) in [6, 6.07) is 4.75. The molecule has 0 saturated carbocycles. The summed E-state index contributed by atoms with van der Waals surface area (Å²) in [6.45, 7) is 0.0200. The van der Waals surface area contributed by atoms with Crippen molar-refractivity contribution in [2.45, 2.75) is 13.0 Å². The summed E-state index contributed by atoms with van der Waals surface area (Å²) in [5, 5.41) is 6.71. The molecule has 0 spiro atoms. The molecule has 0 radical (unpaired) electrons. The van der Waals surface area contributed by atoms with Crippen LogP contribution in [0, 0.1) is 0 Å². The highest BCUT2D eigenvalue weighted by atomic mass is 35.5. The van der Waals surface area contributed by atoms with Gasteiger partial charge in [0.05, 0.1) is 0 Å². The first-order valence-corrected chi connectivity index (χ1v) is 7.17. The number of aryl methyl sites for hydroxylation is 1. The summed E-state index contributed by atoms with van der Waals surface area (Å²) in [4.78, 5) is 12.1. The molecule has 0 atom stereocenters. The number of nitrogens with zero attached hydrogens (tertiary/aromatic N) is 2. The van der Waals surface area contributed by atoms with E-state index in [1.54, 1.807) is 18.2 Å². The van der Waals surface area contributed by atoms with E-state index in [1.807, 2.05) is 0 Å². The van der Waals surface area contributed by atoms with Crippen LogP contribution in [-0.4, -0.2) is 15.7 Å². The van der Waals surface area contributed by atoms with Gasteiger partial charge in [0, 0.05) is 23.6 Å². The second kappa shape index (κ2) is 6.81. The maximum Gasteiger partial charge on any atom is 0.283 e. The van der Waals surface area contributed by atoms with Gasteiger partial charge in [0.1, 0.15) is 16.4 Å². The lowest BCUT2D eigenvalue weighted by Gasteiger charge is -2.08. The number of hydrogen-bond acceptors (Lipinski definition) is 2. The summed E-state index contributed by atoms with van der Waals surface area (Å²) in [5.41, 5.74) is -0.458. The van der Waals surface area contributed by atoms with E-state index < -0.39 is 18.0 Å². The molecule has 1 amide bonds. The van der Waals surface area contributed by atoms with E-state index in [4.69, 9.17) is 34.8 Å². The van der Waals surface area contributed by atoms with Crippen molar-refractivity contribution in [3.63, 3.8) is 0 Å². The van der Waals surface area contributed by atoms with Crippen LogP contribution in [0.1, 0.15) is 28.0 Å². The number of rotatable bonds is 4. The number of alkyl halides is 2. The van der Waals surface area contributed by atoms with Crippen molar-refractivity contribution in [2.75, 3.05) is 0 Å². The number of carbonyl (C=O) groups excluding carboxylic acids is 1. The highest BCUT2D eigenvalue weighted by molar-refractivity contribution is 6.34. The van der Waals surface area contributed by atoms with E-state index >= 15 is 0 Å². The van der Waals surface area contributed by atoms with E-state index in [1.165, 1.54) is 7.05 Å². The third kappa shape index (κ3) is 3.51. The molecular weight excluding hydrogens is 359 g/mol. The molecule has 22 heavy (non-hydrogen) atoms. The van der Waals surface area contributed by atoms with Gasteiger partial charge in [-0.3, -0.25) is 9.48 Å². The van der Waals surface area contributed by atoms with Gasteiger partial charge in [0.25, 0.3) is 12.3 Å².